The van der Waals surface area contributed by atoms with Crippen LogP contribution in [0.3, 0.4) is 0 Å². The molecule has 1 spiro atoms. The van der Waals surface area contributed by atoms with E-state index in [0.717, 1.165) is 0 Å². The third-order valence-corrected chi connectivity index (χ3v) is 5.11. The number of hydrogen-bond donors (Lipinski definition) is 1. The molecule has 1 atom stereocenters. The minimum absolute atomic E-state index is 0.0579. The SMILES string of the molecule is CNC(=O)[C@@H]1COC2(CN(C(=O)c3ccc(OC)c(Cl)c3)C2)CN1C. The second-order valence-corrected chi connectivity index (χ2v) is 6.96. The lowest BCUT2D eigenvalue weighted by Crippen LogP contribution is -2.73. The van der Waals surface area contributed by atoms with Gasteiger partial charge in [-0.1, -0.05) is 11.6 Å². The van der Waals surface area contributed by atoms with Crippen molar-refractivity contribution >= 4 is 23.4 Å². The molecule has 2 heterocycles. The molecular formula is C17H22ClN3O4. The number of methoxy groups -OCH3 is 1. The molecule has 0 radical (unpaired) electrons. The summed E-state index contributed by atoms with van der Waals surface area (Å²) in [5.41, 5.74) is 0.124. The van der Waals surface area contributed by atoms with Crippen LogP contribution in [-0.2, 0) is 9.53 Å². The Kier molecular flexibility index (Phi) is 4.90. The molecular weight excluding hydrogens is 346 g/mol. The molecule has 2 fully saturated rings. The average Bonchev–Trinajstić information content (AvgIpc) is 2.58. The molecule has 25 heavy (non-hydrogen) atoms. The van der Waals surface area contributed by atoms with Gasteiger partial charge in [-0.25, -0.2) is 0 Å². The number of halogens is 1. The average molecular weight is 368 g/mol. The number of rotatable bonds is 3. The lowest BCUT2D eigenvalue weighted by atomic mass is 9.90. The van der Waals surface area contributed by atoms with Crippen molar-refractivity contribution in [3.05, 3.63) is 28.8 Å². The van der Waals surface area contributed by atoms with Crippen LogP contribution in [0.1, 0.15) is 10.4 Å². The molecule has 3 rings (SSSR count). The fourth-order valence-corrected chi connectivity index (χ4v) is 3.66. The van der Waals surface area contributed by atoms with Gasteiger partial charge in [0, 0.05) is 19.2 Å². The number of ether oxygens (including phenoxy) is 2. The summed E-state index contributed by atoms with van der Waals surface area (Å²) in [4.78, 5) is 28.1. The summed E-state index contributed by atoms with van der Waals surface area (Å²) in [6.45, 7) is 1.94. The van der Waals surface area contributed by atoms with E-state index in [1.807, 2.05) is 11.9 Å². The topological polar surface area (TPSA) is 71.1 Å². The van der Waals surface area contributed by atoms with Gasteiger partial charge in [0.15, 0.2) is 0 Å². The number of nitrogens with zero attached hydrogens (tertiary/aromatic N) is 2. The number of hydrogen-bond acceptors (Lipinski definition) is 5. The van der Waals surface area contributed by atoms with Crippen LogP contribution in [0.25, 0.3) is 0 Å². The maximum atomic E-state index is 12.6. The van der Waals surface area contributed by atoms with Crippen LogP contribution in [0.15, 0.2) is 18.2 Å². The van der Waals surface area contributed by atoms with E-state index >= 15 is 0 Å². The van der Waals surface area contributed by atoms with Crippen molar-refractivity contribution < 1.29 is 19.1 Å². The molecule has 1 aromatic rings. The van der Waals surface area contributed by atoms with E-state index in [2.05, 4.69) is 5.32 Å². The van der Waals surface area contributed by atoms with Crippen molar-refractivity contribution in [2.45, 2.75) is 11.6 Å². The number of nitrogens with one attached hydrogen (secondary N) is 1. The highest BCUT2D eigenvalue weighted by atomic mass is 35.5. The van der Waals surface area contributed by atoms with Gasteiger partial charge in [-0.15, -0.1) is 0 Å². The third-order valence-electron chi connectivity index (χ3n) is 4.81. The summed E-state index contributed by atoms with van der Waals surface area (Å²) >= 11 is 6.10. The molecule has 1 aromatic carbocycles. The van der Waals surface area contributed by atoms with Crippen LogP contribution in [0, 0.1) is 0 Å². The zero-order valence-electron chi connectivity index (χ0n) is 14.5. The maximum absolute atomic E-state index is 12.6. The Morgan fingerprint density at radius 2 is 2.08 bits per heavy atom. The minimum atomic E-state index is -0.398. The van der Waals surface area contributed by atoms with Crippen LogP contribution >= 0.6 is 11.6 Å². The number of carbonyl (C=O) groups excluding carboxylic acids is 2. The third kappa shape index (κ3) is 3.31. The van der Waals surface area contributed by atoms with E-state index in [1.165, 1.54) is 7.11 Å². The first-order valence-electron chi connectivity index (χ1n) is 8.08. The standard InChI is InChI=1S/C17H22ClN3O4/c1-19-15(22)13-7-25-17(8-20(13)2)9-21(10-17)16(23)11-4-5-14(24-3)12(18)6-11/h4-6,13H,7-10H2,1-3H3,(H,19,22)/t13-/m0/s1. The lowest BCUT2D eigenvalue weighted by Gasteiger charge is -2.54. The highest BCUT2D eigenvalue weighted by Gasteiger charge is 2.51. The van der Waals surface area contributed by atoms with Crippen LogP contribution < -0.4 is 10.1 Å². The first-order valence-corrected chi connectivity index (χ1v) is 8.45. The van der Waals surface area contributed by atoms with Gasteiger partial charge < -0.3 is 19.7 Å². The van der Waals surface area contributed by atoms with Crippen LogP contribution in [0.2, 0.25) is 5.02 Å². The molecule has 2 aliphatic heterocycles. The van der Waals surface area contributed by atoms with E-state index in [1.54, 1.807) is 30.1 Å². The largest absolute Gasteiger partial charge is 0.495 e. The van der Waals surface area contributed by atoms with Crippen LogP contribution in [0.5, 0.6) is 5.75 Å². The fourth-order valence-electron chi connectivity index (χ4n) is 3.40. The number of likely N-dealkylation sites (tertiary alicyclic amines) is 1. The van der Waals surface area contributed by atoms with Crippen molar-refractivity contribution in [3.63, 3.8) is 0 Å². The highest BCUT2D eigenvalue weighted by Crippen LogP contribution is 2.33. The van der Waals surface area contributed by atoms with Gasteiger partial charge in [0.2, 0.25) is 5.91 Å². The van der Waals surface area contributed by atoms with E-state index in [9.17, 15) is 9.59 Å². The molecule has 1 N–H and O–H groups in total. The quantitative estimate of drug-likeness (QED) is 0.848. The Labute approximate surface area is 151 Å². The zero-order chi connectivity index (χ0) is 18.2. The van der Waals surface area contributed by atoms with Crippen molar-refractivity contribution in [2.24, 2.45) is 0 Å². The monoisotopic (exact) mass is 367 g/mol. The summed E-state index contributed by atoms with van der Waals surface area (Å²) in [6, 6.07) is 4.71. The Morgan fingerprint density at radius 1 is 1.36 bits per heavy atom. The van der Waals surface area contributed by atoms with Gasteiger partial charge in [-0.2, -0.15) is 0 Å². The Morgan fingerprint density at radius 3 is 2.64 bits per heavy atom. The molecule has 0 aliphatic carbocycles. The van der Waals surface area contributed by atoms with Crippen molar-refractivity contribution in [3.8, 4) is 5.75 Å². The van der Waals surface area contributed by atoms with Gasteiger partial charge in [0.1, 0.15) is 17.4 Å². The summed E-state index contributed by atoms with van der Waals surface area (Å²) in [6.07, 6.45) is 0. The predicted octanol–water partition coefficient (Wildman–Crippen LogP) is 0.620. The van der Waals surface area contributed by atoms with Gasteiger partial charge in [-0.3, -0.25) is 14.5 Å². The second-order valence-electron chi connectivity index (χ2n) is 6.55. The Bertz CT molecular complexity index is 690. The number of likely N-dealkylation sites (N-methyl/N-ethyl adjacent to an activating group) is 2. The number of benzene rings is 1. The molecule has 7 nitrogen and oxygen atoms in total. The maximum Gasteiger partial charge on any atom is 0.254 e. The van der Waals surface area contributed by atoms with Crippen LogP contribution in [0.4, 0.5) is 0 Å². The van der Waals surface area contributed by atoms with E-state index in [-0.39, 0.29) is 17.9 Å². The molecule has 2 aliphatic rings. The fraction of sp³-hybridized carbons (Fsp3) is 0.529. The highest BCUT2D eigenvalue weighted by molar-refractivity contribution is 6.32. The van der Waals surface area contributed by atoms with Crippen LogP contribution in [-0.4, -0.2) is 80.7 Å². The number of amides is 2. The smallest absolute Gasteiger partial charge is 0.254 e. The first-order chi connectivity index (χ1) is 11.9. The van der Waals surface area contributed by atoms with Gasteiger partial charge >= 0.3 is 0 Å². The first kappa shape index (κ1) is 18.0. The lowest BCUT2D eigenvalue weighted by molar-refractivity contribution is -0.187. The summed E-state index contributed by atoms with van der Waals surface area (Å²) in [7, 11) is 5.05. The second kappa shape index (κ2) is 6.82. The van der Waals surface area contributed by atoms with Gasteiger partial charge in [0.25, 0.3) is 5.91 Å². The van der Waals surface area contributed by atoms with Gasteiger partial charge in [0.05, 0.1) is 31.8 Å². The zero-order valence-corrected chi connectivity index (χ0v) is 15.3. The molecule has 0 bridgehead atoms. The van der Waals surface area contributed by atoms with Gasteiger partial charge in [-0.05, 0) is 25.2 Å². The van der Waals surface area contributed by atoms with E-state index in [0.29, 0.717) is 42.6 Å². The Balaban J connectivity index is 1.61. The number of morpholine rings is 1. The van der Waals surface area contributed by atoms with E-state index < -0.39 is 5.60 Å². The Hall–Kier alpha value is -1.83. The molecule has 136 valence electrons. The molecule has 0 saturated carbocycles. The molecule has 8 heteroatoms. The molecule has 0 unspecified atom stereocenters. The minimum Gasteiger partial charge on any atom is -0.495 e. The van der Waals surface area contributed by atoms with Crippen molar-refractivity contribution in [1.82, 2.24) is 15.1 Å². The summed E-state index contributed by atoms with van der Waals surface area (Å²) in [5, 5.41) is 3.05. The molecule has 2 amide bonds. The number of carbonyl (C=O) groups is 2. The van der Waals surface area contributed by atoms with Crippen molar-refractivity contribution in [1.29, 1.82) is 0 Å². The summed E-state index contributed by atoms with van der Waals surface area (Å²) in [5.74, 6) is 0.392. The normalized spacial score (nSPS) is 22.4. The summed E-state index contributed by atoms with van der Waals surface area (Å²) < 4.78 is 11.0. The van der Waals surface area contributed by atoms with E-state index in [4.69, 9.17) is 21.1 Å². The molecule has 0 aromatic heterocycles. The predicted molar refractivity (Wildman–Crippen MR) is 93.1 cm³/mol. The molecule has 2 saturated heterocycles. The van der Waals surface area contributed by atoms with Crippen molar-refractivity contribution in [2.75, 3.05) is 47.4 Å².